The molecule has 1 atom stereocenters. The Labute approximate surface area is 80.4 Å². The van der Waals surface area contributed by atoms with Gasteiger partial charge in [0, 0.05) is 12.6 Å². The normalized spacial score (nSPS) is 13.2. The van der Waals surface area contributed by atoms with E-state index in [4.69, 9.17) is 10.2 Å². The maximum atomic E-state index is 5.44. The second-order valence-electron chi connectivity index (χ2n) is 2.72. The highest BCUT2D eigenvalue weighted by atomic mass is 79.9. The lowest BCUT2D eigenvalue weighted by molar-refractivity contribution is 0.444. The Morgan fingerprint density at radius 2 is 2.42 bits per heavy atom. The van der Waals surface area contributed by atoms with Gasteiger partial charge in [-0.2, -0.15) is 0 Å². The summed E-state index contributed by atoms with van der Waals surface area (Å²) in [7, 11) is 0. The van der Waals surface area contributed by atoms with E-state index >= 15 is 0 Å². The monoisotopic (exact) mass is 232 g/mol. The highest BCUT2D eigenvalue weighted by Crippen LogP contribution is 2.13. The van der Waals surface area contributed by atoms with E-state index in [0.29, 0.717) is 12.6 Å². The van der Waals surface area contributed by atoms with Crippen molar-refractivity contribution in [2.24, 2.45) is 5.73 Å². The van der Waals surface area contributed by atoms with Crippen LogP contribution >= 0.6 is 15.9 Å². The molecule has 0 saturated heterocycles. The van der Waals surface area contributed by atoms with Gasteiger partial charge in [-0.3, -0.25) is 0 Å². The largest absolute Gasteiger partial charge is 0.453 e. The summed E-state index contributed by atoms with van der Waals surface area (Å²) in [6, 6.07) is 4.14. The van der Waals surface area contributed by atoms with Crippen molar-refractivity contribution in [3.8, 4) is 0 Å². The van der Waals surface area contributed by atoms with Gasteiger partial charge in [-0.25, -0.2) is 0 Å². The fourth-order valence-corrected chi connectivity index (χ4v) is 1.14. The molecule has 3 N–H and O–H groups in total. The molecule has 0 saturated carbocycles. The van der Waals surface area contributed by atoms with Crippen LogP contribution in [0.1, 0.15) is 12.7 Å². The summed E-state index contributed by atoms with van der Waals surface area (Å²) in [4.78, 5) is 0. The van der Waals surface area contributed by atoms with Gasteiger partial charge in [-0.05, 0) is 35.0 Å². The van der Waals surface area contributed by atoms with E-state index in [0.717, 1.165) is 17.0 Å². The van der Waals surface area contributed by atoms with Gasteiger partial charge in [0.25, 0.3) is 0 Å². The first-order chi connectivity index (χ1) is 5.72. The van der Waals surface area contributed by atoms with Gasteiger partial charge in [-0.1, -0.05) is 0 Å². The lowest BCUT2D eigenvalue weighted by Crippen LogP contribution is -2.32. The fourth-order valence-electron chi connectivity index (χ4n) is 0.805. The van der Waals surface area contributed by atoms with Crippen molar-refractivity contribution in [3.63, 3.8) is 0 Å². The molecule has 1 aromatic rings. The minimum atomic E-state index is 0.328. The zero-order chi connectivity index (χ0) is 8.97. The molecule has 0 aliphatic carbocycles. The Hall–Kier alpha value is -0.320. The van der Waals surface area contributed by atoms with E-state index in [1.165, 1.54) is 0 Å². The molecule has 0 aliphatic rings. The lowest BCUT2D eigenvalue weighted by Gasteiger charge is -2.08. The lowest BCUT2D eigenvalue weighted by atomic mass is 10.3. The van der Waals surface area contributed by atoms with Gasteiger partial charge in [0.15, 0.2) is 4.67 Å². The standard InChI is InChI=1S/C8H13BrN2O/c1-6(4-10)11-5-7-2-3-8(9)12-7/h2-3,6,11H,4-5,10H2,1H3. The second-order valence-corrected chi connectivity index (χ2v) is 3.51. The van der Waals surface area contributed by atoms with Crippen LogP contribution in [0.15, 0.2) is 21.2 Å². The molecule has 3 nitrogen and oxygen atoms in total. The maximum Gasteiger partial charge on any atom is 0.169 e. The number of halogens is 1. The van der Waals surface area contributed by atoms with Crippen LogP contribution in [0.4, 0.5) is 0 Å². The zero-order valence-corrected chi connectivity index (χ0v) is 8.60. The molecule has 4 heteroatoms. The van der Waals surface area contributed by atoms with Crippen LogP contribution in [0.25, 0.3) is 0 Å². The summed E-state index contributed by atoms with van der Waals surface area (Å²) in [5, 5.41) is 3.22. The summed E-state index contributed by atoms with van der Waals surface area (Å²) in [5.74, 6) is 0.919. The SMILES string of the molecule is CC(CN)NCc1ccc(Br)o1. The Kier molecular flexibility index (Phi) is 3.78. The van der Waals surface area contributed by atoms with Crippen LogP contribution < -0.4 is 11.1 Å². The van der Waals surface area contributed by atoms with Crippen LogP contribution in [-0.2, 0) is 6.54 Å². The number of furan rings is 1. The number of nitrogens with one attached hydrogen (secondary N) is 1. The van der Waals surface area contributed by atoms with Crippen LogP contribution in [0.5, 0.6) is 0 Å². The van der Waals surface area contributed by atoms with E-state index in [2.05, 4.69) is 21.2 Å². The van der Waals surface area contributed by atoms with Crippen LogP contribution in [-0.4, -0.2) is 12.6 Å². The van der Waals surface area contributed by atoms with E-state index in [1.807, 2.05) is 19.1 Å². The molecule has 0 fully saturated rings. The average Bonchev–Trinajstić information content (AvgIpc) is 2.47. The highest BCUT2D eigenvalue weighted by Gasteiger charge is 2.01. The summed E-state index contributed by atoms with van der Waals surface area (Å²) < 4.78 is 6.06. The molecule has 1 aromatic heterocycles. The molecule has 68 valence electrons. The molecule has 0 amide bonds. The third-order valence-corrected chi connectivity index (χ3v) is 2.03. The maximum absolute atomic E-state index is 5.44. The van der Waals surface area contributed by atoms with E-state index in [-0.39, 0.29) is 0 Å². The van der Waals surface area contributed by atoms with Gasteiger partial charge in [0.1, 0.15) is 5.76 Å². The molecule has 1 unspecified atom stereocenters. The topological polar surface area (TPSA) is 51.2 Å². The molecule has 0 aromatic carbocycles. The Balaban J connectivity index is 2.33. The van der Waals surface area contributed by atoms with Crippen LogP contribution in [0.3, 0.4) is 0 Å². The van der Waals surface area contributed by atoms with Crippen molar-refractivity contribution in [1.82, 2.24) is 5.32 Å². The predicted molar refractivity (Wildman–Crippen MR) is 51.8 cm³/mol. The first-order valence-corrected chi connectivity index (χ1v) is 4.69. The van der Waals surface area contributed by atoms with Gasteiger partial charge >= 0.3 is 0 Å². The second kappa shape index (κ2) is 4.64. The summed E-state index contributed by atoms with van der Waals surface area (Å²) in [5.41, 5.74) is 5.44. The first kappa shape index (κ1) is 9.77. The zero-order valence-electron chi connectivity index (χ0n) is 7.01. The van der Waals surface area contributed by atoms with Gasteiger partial charge in [0.2, 0.25) is 0 Å². The van der Waals surface area contributed by atoms with Crippen molar-refractivity contribution in [2.75, 3.05) is 6.54 Å². The number of rotatable bonds is 4. The predicted octanol–water partition coefficient (Wildman–Crippen LogP) is 1.48. The van der Waals surface area contributed by atoms with E-state index in [1.54, 1.807) is 0 Å². The third kappa shape index (κ3) is 2.97. The average molecular weight is 233 g/mol. The minimum absolute atomic E-state index is 0.328. The molecule has 0 radical (unpaired) electrons. The molecule has 0 spiro atoms. The fraction of sp³-hybridized carbons (Fsp3) is 0.500. The molecule has 1 heterocycles. The number of hydrogen-bond donors (Lipinski definition) is 2. The summed E-state index contributed by atoms with van der Waals surface area (Å²) >= 11 is 3.24. The van der Waals surface area contributed by atoms with Crippen LogP contribution in [0.2, 0.25) is 0 Å². The van der Waals surface area contributed by atoms with Crippen molar-refractivity contribution in [3.05, 3.63) is 22.6 Å². The quantitative estimate of drug-likeness (QED) is 0.828. The molecule has 0 bridgehead atoms. The Bertz CT molecular complexity index is 237. The first-order valence-electron chi connectivity index (χ1n) is 3.90. The van der Waals surface area contributed by atoms with E-state index < -0.39 is 0 Å². The third-order valence-electron chi connectivity index (χ3n) is 1.61. The molecule has 12 heavy (non-hydrogen) atoms. The summed E-state index contributed by atoms with van der Waals surface area (Å²) in [6.45, 7) is 3.41. The Morgan fingerprint density at radius 3 is 2.92 bits per heavy atom. The molecule has 1 rings (SSSR count). The van der Waals surface area contributed by atoms with Crippen LogP contribution in [0, 0.1) is 0 Å². The molecular weight excluding hydrogens is 220 g/mol. The van der Waals surface area contributed by atoms with Crippen molar-refractivity contribution >= 4 is 15.9 Å². The number of hydrogen-bond acceptors (Lipinski definition) is 3. The Morgan fingerprint density at radius 1 is 1.67 bits per heavy atom. The molecule has 0 aliphatic heterocycles. The smallest absolute Gasteiger partial charge is 0.169 e. The van der Waals surface area contributed by atoms with Crippen molar-refractivity contribution in [1.29, 1.82) is 0 Å². The van der Waals surface area contributed by atoms with Crippen molar-refractivity contribution < 1.29 is 4.42 Å². The molecular formula is C8H13BrN2O. The van der Waals surface area contributed by atoms with Gasteiger partial charge in [-0.15, -0.1) is 0 Å². The van der Waals surface area contributed by atoms with Crippen molar-refractivity contribution in [2.45, 2.75) is 19.5 Å². The van der Waals surface area contributed by atoms with Gasteiger partial charge in [0.05, 0.1) is 6.54 Å². The highest BCUT2D eigenvalue weighted by molar-refractivity contribution is 9.10. The van der Waals surface area contributed by atoms with E-state index in [9.17, 15) is 0 Å². The van der Waals surface area contributed by atoms with Gasteiger partial charge < -0.3 is 15.5 Å². The summed E-state index contributed by atoms with van der Waals surface area (Å²) in [6.07, 6.45) is 0. The number of nitrogens with two attached hydrogens (primary N) is 1. The minimum Gasteiger partial charge on any atom is -0.453 e.